The molecular formula is C26H36ClN3O4. The Bertz CT molecular complexity index is 908. The van der Waals surface area contributed by atoms with E-state index in [-0.39, 0.29) is 29.7 Å². The maximum atomic E-state index is 13.2. The van der Waals surface area contributed by atoms with Crippen molar-refractivity contribution in [2.45, 2.75) is 64.2 Å². The molecule has 1 aromatic carbocycles. The molecule has 7 nitrogen and oxygen atoms in total. The standard InChI is InChI=1S/C26H36ClN3O4/c27-20-9-10-22-21(16-20)25(33)28-18-26(11-4-2-6-15-34-22)12-7-14-30(19-26)24(32)17-29-13-5-1-3-8-23(29)31/h9-10,16H,1-8,11-15,17-19H2,(H,28,33). The number of halogens is 1. The Kier molecular flexibility index (Phi) is 8.35. The molecule has 3 heterocycles. The van der Waals surface area contributed by atoms with Crippen molar-refractivity contribution in [3.05, 3.63) is 28.8 Å². The minimum atomic E-state index is -0.198. The van der Waals surface area contributed by atoms with Gasteiger partial charge in [0.25, 0.3) is 5.91 Å². The Balaban J connectivity index is 1.46. The summed E-state index contributed by atoms with van der Waals surface area (Å²) in [5.74, 6) is 0.475. The van der Waals surface area contributed by atoms with E-state index in [1.165, 1.54) is 0 Å². The molecule has 4 rings (SSSR count). The van der Waals surface area contributed by atoms with Gasteiger partial charge in [-0.25, -0.2) is 0 Å². The third-order valence-electron chi connectivity index (χ3n) is 7.43. The van der Waals surface area contributed by atoms with Gasteiger partial charge in [0, 0.05) is 43.0 Å². The first-order valence-corrected chi connectivity index (χ1v) is 13.1. The lowest BCUT2D eigenvalue weighted by atomic mass is 9.75. The zero-order valence-electron chi connectivity index (χ0n) is 20.0. The average molecular weight is 490 g/mol. The van der Waals surface area contributed by atoms with E-state index in [1.807, 2.05) is 4.90 Å². The highest BCUT2D eigenvalue weighted by Gasteiger charge is 2.38. The van der Waals surface area contributed by atoms with Crippen LogP contribution in [-0.2, 0) is 9.59 Å². The molecule has 0 bridgehead atoms. The molecule has 3 amide bonds. The minimum absolute atomic E-state index is 0.0253. The van der Waals surface area contributed by atoms with Crippen LogP contribution in [0.25, 0.3) is 0 Å². The van der Waals surface area contributed by atoms with E-state index < -0.39 is 0 Å². The second-order valence-electron chi connectivity index (χ2n) is 10.0. The number of carbonyl (C=O) groups excluding carboxylic acids is 3. The number of rotatable bonds is 2. The first-order chi connectivity index (χ1) is 16.5. The predicted molar refractivity (Wildman–Crippen MR) is 131 cm³/mol. The fourth-order valence-corrected chi connectivity index (χ4v) is 5.63. The van der Waals surface area contributed by atoms with Crippen LogP contribution in [-0.4, -0.2) is 66.9 Å². The van der Waals surface area contributed by atoms with E-state index in [4.69, 9.17) is 16.3 Å². The Morgan fingerprint density at radius 2 is 1.85 bits per heavy atom. The summed E-state index contributed by atoms with van der Waals surface area (Å²) in [6, 6.07) is 5.14. The second kappa shape index (κ2) is 11.4. The molecule has 2 saturated heterocycles. The van der Waals surface area contributed by atoms with Crippen molar-refractivity contribution in [1.82, 2.24) is 15.1 Å². The first kappa shape index (κ1) is 24.8. The number of piperidine rings is 1. The predicted octanol–water partition coefficient (Wildman–Crippen LogP) is 4.03. The molecule has 0 aliphatic carbocycles. The maximum absolute atomic E-state index is 13.2. The molecule has 1 N–H and O–H groups in total. The summed E-state index contributed by atoms with van der Waals surface area (Å²) in [6.45, 7) is 3.23. The van der Waals surface area contributed by atoms with Gasteiger partial charge in [0.1, 0.15) is 5.75 Å². The number of carbonyl (C=O) groups is 3. The molecule has 1 unspecified atom stereocenters. The van der Waals surface area contributed by atoms with Crippen molar-refractivity contribution in [2.75, 3.05) is 39.3 Å². The van der Waals surface area contributed by atoms with Crippen LogP contribution in [0.4, 0.5) is 0 Å². The summed E-state index contributed by atoms with van der Waals surface area (Å²) in [5.41, 5.74) is 0.289. The SMILES string of the molecule is O=C1NCC2(CCCCCOc3ccc(Cl)cc31)CCCN(C(=O)CN1CCCCCC1=O)C2. The molecule has 3 aliphatic heterocycles. The number of ether oxygens (including phenoxy) is 1. The van der Waals surface area contributed by atoms with Gasteiger partial charge < -0.3 is 19.9 Å². The summed E-state index contributed by atoms with van der Waals surface area (Å²) in [4.78, 5) is 42.3. The third-order valence-corrected chi connectivity index (χ3v) is 7.67. The van der Waals surface area contributed by atoms with E-state index in [1.54, 1.807) is 23.1 Å². The average Bonchev–Trinajstić information content (AvgIpc) is 3.04. The fourth-order valence-electron chi connectivity index (χ4n) is 5.46. The fraction of sp³-hybridized carbons (Fsp3) is 0.654. The summed E-state index contributed by atoms with van der Waals surface area (Å²) < 4.78 is 5.86. The van der Waals surface area contributed by atoms with Crippen molar-refractivity contribution in [2.24, 2.45) is 5.41 Å². The van der Waals surface area contributed by atoms with Crippen molar-refractivity contribution >= 4 is 29.3 Å². The van der Waals surface area contributed by atoms with Crippen molar-refractivity contribution < 1.29 is 19.1 Å². The Hall–Kier alpha value is -2.28. The van der Waals surface area contributed by atoms with Gasteiger partial charge in [-0.2, -0.15) is 0 Å². The number of benzene rings is 1. The van der Waals surface area contributed by atoms with Gasteiger partial charge in [0.2, 0.25) is 11.8 Å². The molecule has 1 atom stereocenters. The molecule has 186 valence electrons. The largest absolute Gasteiger partial charge is 0.493 e. The van der Waals surface area contributed by atoms with Crippen LogP contribution in [0.2, 0.25) is 5.02 Å². The molecule has 0 aromatic heterocycles. The summed E-state index contributed by atoms with van der Waals surface area (Å²) >= 11 is 6.16. The summed E-state index contributed by atoms with van der Waals surface area (Å²) in [5, 5.41) is 3.62. The van der Waals surface area contributed by atoms with Gasteiger partial charge in [-0.3, -0.25) is 14.4 Å². The van der Waals surface area contributed by atoms with Gasteiger partial charge in [-0.1, -0.05) is 30.9 Å². The van der Waals surface area contributed by atoms with E-state index in [0.717, 1.165) is 57.8 Å². The van der Waals surface area contributed by atoms with Gasteiger partial charge in [-0.15, -0.1) is 0 Å². The lowest BCUT2D eigenvalue weighted by Gasteiger charge is -2.44. The lowest BCUT2D eigenvalue weighted by Crippen LogP contribution is -2.53. The van der Waals surface area contributed by atoms with Crippen LogP contribution < -0.4 is 10.1 Å². The van der Waals surface area contributed by atoms with Crippen LogP contribution >= 0.6 is 11.6 Å². The topological polar surface area (TPSA) is 79.0 Å². The quantitative estimate of drug-likeness (QED) is 0.680. The second-order valence-corrected chi connectivity index (χ2v) is 10.5. The van der Waals surface area contributed by atoms with E-state index >= 15 is 0 Å². The molecule has 3 aliphatic rings. The molecule has 1 spiro atoms. The first-order valence-electron chi connectivity index (χ1n) is 12.7. The monoisotopic (exact) mass is 489 g/mol. The van der Waals surface area contributed by atoms with Gasteiger partial charge in [-0.05, 0) is 56.7 Å². The normalized spacial score (nSPS) is 24.9. The molecule has 0 radical (unpaired) electrons. The van der Waals surface area contributed by atoms with Crippen molar-refractivity contribution in [1.29, 1.82) is 0 Å². The highest BCUT2D eigenvalue weighted by atomic mass is 35.5. The number of nitrogens with one attached hydrogen (secondary N) is 1. The van der Waals surface area contributed by atoms with Crippen LogP contribution in [0.5, 0.6) is 5.75 Å². The third kappa shape index (κ3) is 6.23. The zero-order chi connectivity index (χ0) is 24.0. The minimum Gasteiger partial charge on any atom is -0.493 e. The van der Waals surface area contributed by atoms with Gasteiger partial charge in [0.15, 0.2) is 0 Å². The maximum Gasteiger partial charge on any atom is 0.255 e. The Morgan fingerprint density at radius 3 is 2.74 bits per heavy atom. The Labute approximate surface area is 207 Å². The van der Waals surface area contributed by atoms with Crippen LogP contribution in [0.3, 0.4) is 0 Å². The number of hydrogen-bond acceptors (Lipinski definition) is 4. The molecular weight excluding hydrogens is 454 g/mol. The number of amides is 3. The number of likely N-dealkylation sites (tertiary alicyclic amines) is 2. The molecule has 34 heavy (non-hydrogen) atoms. The molecule has 8 heteroatoms. The van der Waals surface area contributed by atoms with Gasteiger partial charge in [0.05, 0.1) is 18.7 Å². The number of fused-ring (bicyclic) bond motifs is 1. The van der Waals surface area contributed by atoms with Crippen molar-refractivity contribution in [3.63, 3.8) is 0 Å². The van der Waals surface area contributed by atoms with Crippen LogP contribution in [0.1, 0.15) is 74.6 Å². The van der Waals surface area contributed by atoms with E-state index in [0.29, 0.717) is 55.5 Å². The number of nitrogens with zero attached hydrogens (tertiary/aromatic N) is 2. The van der Waals surface area contributed by atoms with Crippen LogP contribution in [0.15, 0.2) is 18.2 Å². The zero-order valence-corrected chi connectivity index (χ0v) is 20.7. The van der Waals surface area contributed by atoms with E-state index in [9.17, 15) is 14.4 Å². The highest BCUT2D eigenvalue weighted by molar-refractivity contribution is 6.31. The van der Waals surface area contributed by atoms with Gasteiger partial charge >= 0.3 is 0 Å². The highest BCUT2D eigenvalue weighted by Crippen LogP contribution is 2.36. The lowest BCUT2D eigenvalue weighted by molar-refractivity contribution is -0.142. The molecule has 1 aromatic rings. The summed E-state index contributed by atoms with van der Waals surface area (Å²) in [7, 11) is 0. The van der Waals surface area contributed by atoms with E-state index in [2.05, 4.69) is 5.32 Å². The smallest absolute Gasteiger partial charge is 0.255 e. The van der Waals surface area contributed by atoms with Crippen molar-refractivity contribution in [3.8, 4) is 5.75 Å². The van der Waals surface area contributed by atoms with Crippen LogP contribution in [0, 0.1) is 5.41 Å². The molecule has 2 fully saturated rings. The summed E-state index contributed by atoms with van der Waals surface area (Å²) in [6.07, 6.45) is 9.26. The number of hydrogen-bond donors (Lipinski definition) is 1. The Morgan fingerprint density at radius 1 is 1.03 bits per heavy atom. The molecule has 0 saturated carbocycles.